The Morgan fingerprint density at radius 1 is 1.35 bits per heavy atom. The number of rotatable bonds is 4. The molecule has 1 aliphatic rings. The number of aryl methyl sites for hydroxylation is 1. The van der Waals surface area contributed by atoms with Crippen LogP contribution < -0.4 is 5.32 Å². The Labute approximate surface area is 137 Å². The number of aromatic nitrogens is 4. The molecule has 1 saturated carbocycles. The van der Waals surface area contributed by atoms with Gasteiger partial charge in [0.25, 0.3) is 0 Å². The van der Waals surface area contributed by atoms with E-state index in [4.69, 9.17) is 0 Å². The Hall–Kier alpha value is -1.79. The first-order chi connectivity index (χ1) is 11.0. The highest BCUT2D eigenvalue weighted by Gasteiger charge is 2.33. The van der Waals surface area contributed by atoms with Crippen molar-refractivity contribution in [2.75, 3.05) is 0 Å². The predicted octanol–water partition coefficient (Wildman–Crippen LogP) is 1.97. The molecule has 0 bridgehead atoms. The maximum absolute atomic E-state index is 10.3. The molecule has 6 heteroatoms. The van der Waals surface area contributed by atoms with Crippen molar-refractivity contribution in [3.05, 3.63) is 36.2 Å². The summed E-state index contributed by atoms with van der Waals surface area (Å²) in [5.74, 6) is 2.03. The summed E-state index contributed by atoms with van der Waals surface area (Å²) >= 11 is 0. The van der Waals surface area contributed by atoms with Crippen LogP contribution in [0.15, 0.2) is 24.5 Å². The third-order valence-electron chi connectivity index (χ3n) is 4.35. The number of nitrogens with zero attached hydrogens (tertiary/aromatic N) is 4. The molecule has 0 spiro atoms. The van der Waals surface area contributed by atoms with Crippen molar-refractivity contribution >= 4 is 0 Å². The summed E-state index contributed by atoms with van der Waals surface area (Å²) in [4.78, 5) is 8.85. The predicted molar refractivity (Wildman–Crippen MR) is 88.5 cm³/mol. The highest BCUT2D eigenvalue weighted by atomic mass is 16.3. The van der Waals surface area contributed by atoms with E-state index in [9.17, 15) is 5.11 Å². The van der Waals surface area contributed by atoms with Crippen LogP contribution in [0.2, 0.25) is 0 Å². The van der Waals surface area contributed by atoms with Crippen LogP contribution in [0.25, 0.3) is 5.69 Å². The van der Waals surface area contributed by atoms with Crippen molar-refractivity contribution in [3.63, 3.8) is 0 Å². The highest BCUT2D eigenvalue weighted by molar-refractivity contribution is 5.28. The van der Waals surface area contributed by atoms with Crippen LogP contribution in [-0.2, 0) is 0 Å². The molecule has 6 nitrogen and oxygen atoms in total. The minimum absolute atomic E-state index is 0.105. The molecule has 0 amide bonds. The average Bonchev–Trinajstić information content (AvgIpc) is 2.92. The SMILES string of the molecule is Cc1nc([C@H]2CC[C@@H](O)[C@H](NC(C)C)C2)n(-c2cccnc2)n1. The molecule has 0 aromatic carbocycles. The Balaban J connectivity index is 1.87. The summed E-state index contributed by atoms with van der Waals surface area (Å²) in [6.07, 6.45) is 5.86. The van der Waals surface area contributed by atoms with Crippen molar-refractivity contribution in [2.24, 2.45) is 0 Å². The van der Waals surface area contributed by atoms with E-state index in [-0.39, 0.29) is 18.1 Å². The standard InChI is InChI=1S/C17H25N5O/c1-11(2)19-15-9-13(6-7-16(15)23)17-20-12(3)21-22(17)14-5-4-8-18-10-14/h4-5,8,10-11,13,15-16,19,23H,6-7,9H2,1-3H3/t13-,15+,16+/m0/s1. The lowest BCUT2D eigenvalue weighted by molar-refractivity contribution is 0.0779. The fourth-order valence-electron chi connectivity index (χ4n) is 3.36. The van der Waals surface area contributed by atoms with Gasteiger partial charge in [0.1, 0.15) is 11.6 Å². The molecule has 2 aromatic rings. The highest BCUT2D eigenvalue weighted by Crippen LogP contribution is 2.33. The largest absolute Gasteiger partial charge is 0.392 e. The topological polar surface area (TPSA) is 75.9 Å². The van der Waals surface area contributed by atoms with Gasteiger partial charge in [0, 0.05) is 24.2 Å². The number of pyridine rings is 1. The lowest BCUT2D eigenvalue weighted by Gasteiger charge is -2.34. The maximum Gasteiger partial charge on any atom is 0.148 e. The third-order valence-corrected chi connectivity index (χ3v) is 4.35. The number of hydrogen-bond donors (Lipinski definition) is 2. The zero-order valence-electron chi connectivity index (χ0n) is 14.0. The summed E-state index contributed by atoms with van der Waals surface area (Å²) in [5.41, 5.74) is 0.933. The van der Waals surface area contributed by atoms with Crippen LogP contribution in [0.5, 0.6) is 0 Å². The minimum Gasteiger partial charge on any atom is -0.392 e. The average molecular weight is 315 g/mol. The van der Waals surface area contributed by atoms with Gasteiger partial charge in [0.05, 0.1) is 18.0 Å². The monoisotopic (exact) mass is 315 g/mol. The number of hydrogen-bond acceptors (Lipinski definition) is 5. The van der Waals surface area contributed by atoms with E-state index in [2.05, 4.69) is 34.2 Å². The fraction of sp³-hybridized carbons (Fsp3) is 0.588. The van der Waals surface area contributed by atoms with Gasteiger partial charge in [-0.2, -0.15) is 5.10 Å². The molecule has 0 radical (unpaired) electrons. The van der Waals surface area contributed by atoms with Crippen LogP contribution in [0.1, 0.15) is 50.7 Å². The quantitative estimate of drug-likeness (QED) is 0.902. The summed E-state index contributed by atoms with van der Waals surface area (Å²) in [5, 5.41) is 18.3. The van der Waals surface area contributed by atoms with Gasteiger partial charge in [-0.1, -0.05) is 13.8 Å². The zero-order chi connectivity index (χ0) is 16.4. The van der Waals surface area contributed by atoms with Crippen LogP contribution in [0, 0.1) is 6.92 Å². The van der Waals surface area contributed by atoms with Crippen molar-refractivity contribution in [3.8, 4) is 5.69 Å². The Bertz CT molecular complexity index is 640. The van der Waals surface area contributed by atoms with Crippen LogP contribution >= 0.6 is 0 Å². The summed E-state index contributed by atoms with van der Waals surface area (Å²) in [6.45, 7) is 6.13. The van der Waals surface area contributed by atoms with E-state index in [0.717, 1.165) is 36.6 Å². The molecule has 124 valence electrons. The van der Waals surface area contributed by atoms with Crippen LogP contribution in [0.3, 0.4) is 0 Å². The lowest BCUT2D eigenvalue weighted by atomic mass is 9.83. The number of aliphatic hydroxyl groups excluding tert-OH is 1. The van der Waals surface area contributed by atoms with Gasteiger partial charge < -0.3 is 10.4 Å². The van der Waals surface area contributed by atoms with Gasteiger partial charge in [-0.05, 0) is 38.3 Å². The molecule has 3 atom stereocenters. The van der Waals surface area contributed by atoms with Crippen molar-refractivity contribution in [2.45, 2.75) is 64.1 Å². The van der Waals surface area contributed by atoms with Gasteiger partial charge >= 0.3 is 0 Å². The summed E-state index contributed by atoms with van der Waals surface area (Å²) in [6, 6.07) is 4.36. The molecule has 0 unspecified atom stereocenters. The smallest absolute Gasteiger partial charge is 0.148 e. The molecule has 2 heterocycles. The first-order valence-corrected chi connectivity index (χ1v) is 8.32. The van der Waals surface area contributed by atoms with Gasteiger partial charge in [-0.3, -0.25) is 4.98 Å². The normalized spacial score (nSPS) is 25.0. The van der Waals surface area contributed by atoms with Gasteiger partial charge in [0.2, 0.25) is 0 Å². The molecule has 1 aliphatic carbocycles. The second kappa shape index (κ2) is 6.76. The molecule has 0 aliphatic heterocycles. The van der Waals surface area contributed by atoms with E-state index in [1.54, 1.807) is 12.4 Å². The summed E-state index contributed by atoms with van der Waals surface area (Å²) < 4.78 is 1.90. The molecular formula is C17H25N5O. The maximum atomic E-state index is 10.3. The Morgan fingerprint density at radius 3 is 2.87 bits per heavy atom. The van der Waals surface area contributed by atoms with E-state index < -0.39 is 0 Å². The molecular weight excluding hydrogens is 290 g/mol. The van der Waals surface area contributed by atoms with Gasteiger partial charge in [0.15, 0.2) is 0 Å². The second-order valence-corrected chi connectivity index (χ2v) is 6.65. The molecule has 2 aromatic heterocycles. The molecule has 1 fully saturated rings. The second-order valence-electron chi connectivity index (χ2n) is 6.65. The van der Waals surface area contributed by atoms with Crippen LogP contribution in [-0.4, -0.2) is 43.0 Å². The van der Waals surface area contributed by atoms with Crippen LogP contribution in [0.4, 0.5) is 0 Å². The van der Waals surface area contributed by atoms with Crippen molar-refractivity contribution in [1.82, 2.24) is 25.1 Å². The van der Waals surface area contributed by atoms with Crippen molar-refractivity contribution in [1.29, 1.82) is 0 Å². The van der Waals surface area contributed by atoms with E-state index >= 15 is 0 Å². The summed E-state index contributed by atoms with van der Waals surface area (Å²) in [7, 11) is 0. The Morgan fingerprint density at radius 2 is 2.17 bits per heavy atom. The van der Waals surface area contributed by atoms with Crippen molar-refractivity contribution < 1.29 is 5.11 Å². The molecule has 23 heavy (non-hydrogen) atoms. The van der Waals surface area contributed by atoms with Gasteiger partial charge in [-0.15, -0.1) is 0 Å². The minimum atomic E-state index is -0.287. The molecule has 2 N–H and O–H groups in total. The van der Waals surface area contributed by atoms with E-state index in [0.29, 0.717) is 6.04 Å². The number of aliphatic hydroxyl groups is 1. The first-order valence-electron chi connectivity index (χ1n) is 8.32. The fourth-order valence-corrected chi connectivity index (χ4v) is 3.36. The number of nitrogens with one attached hydrogen (secondary N) is 1. The van der Waals surface area contributed by atoms with Gasteiger partial charge in [-0.25, -0.2) is 9.67 Å². The molecule has 3 rings (SSSR count). The van der Waals surface area contributed by atoms with E-state index in [1.807, 2.05) is 23.7 Å². The third kappa shape index (κ3) is 3.59. The van der Waals surface area contributed by atoms with E-state index in [1.165, 1.54) is 0 Å². The zero-order valence-corrected chi connectivity index (χ0v) is 14.0. The lowest BCUT2D eigenvalue weighted by Crippen LogP contribution is -2.47. The molecule has 0 saturated heterocycles. The first kappa shape index (κ1) is 16.1. The Kier molecular flexibility index (Phi) is 4.73.